The van der Waals surface area contributed by atoms with Crippen LogP contribution in [-0.2, 0) is 21.0 Å². The van der Waals surface area contributed by atoms with Crippen molar-refractivity contribution in [1.29, 1.82) is 0 Å². The highest BCUT2D eigenvalue weighted by Gasteiger charge is 2.40. The van der Waals surface area contributed by atoms with E-state index in [9.17, 15) is 14.4 Å². The average Bonchev–Trinajstić information content (AvgIpc) is 3.42. The van der Waals surface area contributed by atoms with Crippen LogP contribution in [0, 0.1) is 11.8 Å². The van der Waals surface area contributed by atoms with E-state index in [1.807, 2.05) is 6.07 Å². The highest BCUT2D eigenvalue weighted by atomic mass is 16.7. The van der Waals surface area contributed by atoms with Gasteiger partial charge in [0.2, 0.25) is 11.8 Å². The number of imide groups is 1. The number of ether oxygens (including phenoxy) is 1. The molecular formula is C26H34N4O5. The van der Waals surface area contributed by atoms with Gasteiger partial charge in [0.1, 0.15) is 18.4 Å². The van der Waals surface area contributed by atoms with Gasteiger partial charge in [-0.25, -0.2) is 0 Å². The van der Waals surface area contributed by atoms with Gasteiger partial charge < -0.3 is 14.5 Å². The summed E-state index contributed by atoms with van der Waals surface area (Å²) in [5, 5.41) is 6.65. The first kappa shape index (κ1) is 23.8. The summed E-state index contributed by atoms with van der Waals surface area (Å²) in [5.74, 6) is 1.28. The summed E-state index contributed by atoms with van der Waals surface area (Å²) in [5.41, 5.74) is 2.37. The molecule has 1 N–H and O–H groups in total. The number of rotatable bonds is 7. The van der Waals surface area contributed by atoms with Gasteiger partial charge in [0.25, 0.3) is 5.91 Å². The summed E-state index contributed by atoms with van der Waals surface area (Å²) in [4.78, 5) is 46.4. The molecule has 0 aliphatic carbocycles. The van der Waals surface area contributed by atoms with E-state index in [0.29, 0.717) is 24.3 Å². The Labute approximate surface area is 205 Å². The first-order chi connectivity index (χ1) is 16.9. The van der Waals surface area contributed by atoms with E-state index in [-0.39, 0.29) is 30.9 Å². The minimum absolute atomic E-state index is 0.155. The molecule has 0 bridgehead atoms. The molecule has 4 heterocycles. The van der Waals surface area contributed by atoms with Gasteiger partial charge in [-0.05, 0) is 56.3 Å². The number of carbonyl (C=O) groups is 3. The van der Waals surface area contributed by atoms with Crippen LogP contribution in [0.3, 0.4) is 0 Å². The molecule has 4 aliphatic rings. The Balaban J connectivity index is 1.13. The zero-order valence-corrected chi connectivity index (χ0v) is 20.5. The molecule has 4 aliphatic heterocycles. The molecule has 9 heteroatoms. The molecule has 2 atom stereocenters. The zero-order chi connectivity index (χ0) is 24.5. The number of amides is 3. The predicted octanol–water partition coefficient (Wildman–Crippen LogP) is 2.34. The van der Waals surface area contributed by atoms with Crippen LogP contribution in [0.5, 0.6) is 5.75 Å². The van der Waals surface area contributed by atoms with E-state index in [0.717, 1.165) is 49.2 Å². The number of oxime groups is 1. The van der Waals surface area contributed by atoms with E-state index in [4.69, 9.17) is 9.57 Å². The van der Waals surface area contributed by atoms with Crippen molar-refractivity contribution in [3.05, 3.63) is 29.3 Å². The molecule has 2 saturated heterocycles. The van der Waals surface area contributed by atoms with Crippen LogP contribution in [0.15, 0.2) is 23.4 Å². The number of likely N-dealkylation sites (tertiary alicyclic amines) is 1. The Morgan fingerprint density at radius 1 is 1.17 bits per heavy atom. The van der Waals surface area contributed by atoms with Crippen molar-refractivity contribution in [2.24, 2.45) is 17.0 Å². The van der Waals surface area contributed by atoms with E-state index in [2.05, 4.69) is 29.2 Å². The molecule has 0 saturated carbocycles. The van der Waals surface area contributed by atoms with Crippen molar-refractivity contribution in [2.45, 2.75) is 64.6 Å². The molecule has 0 spiro atoms. The molecule has 5 rings (SSSR count). The van der Waals surface area contributed by atoms with Gasteiger partial charge in [-0.1, -0.05) is 25.1 Å². The van der Waals surface area contributed by atoms with Crippen molar-refractivity contribution in [3.8, 4) is 5.75 Å². The van der Waals surface area contributed by atoms with Crippen LogP contribution in [0.1, 0.15) is 61.9 Å². The highest BCUT2D eigenvalue weighted by Crippen LogP contribution is 2.34. The maximum Gasteiger partial charge on any atom is 0.255 e. The number of hydrogen-bond donors (Lipinski definition) is 1. The van der Waals surface area contributed by atoms with Crippen molar-refractivity contribution >= 4 is 23.4 Å². The summed E-state index contributed by atoms with van der Waals surface area (Å²) in [6.45, 7) is 8.31. The molecule has 1 aromatic carbocycles. The minimum Gasteiger partial charge on any atom is -0.489 e. The quantitative estimate of drug-likeness (QED) is 0.599. The first-order valence-corrected chi connectivity index (χ1v) is 12.7. The number of fused-ring (bicyclic) bond motifs is 1. The van der Waals surface area contributed by atoms with Crippen LogP contribution in [0.4, 0.5) is 0 Å². The highest BCUT2D eigenvalue weighted by molar-refractivity contribution is 6.05. The zero-order valence-electron chi connectivity index (χ0n) is 20.5. The fourth-order valence-corrected chi connectivity index (χ4v) is 5.58. The molecule has 2 unspecified atom stereocenters. The number of nitrogens with one attached hydrogen (secondary N) is 1. The van der Waals surface area contributed by atoms with Gasteiger partial charge in [0.15, 0.2) is 6.10 Å². The molecule has 188 valence electrons. The van der Waals surface area contributed by atoms with Crippen LogP contribution >= 0.6 is 0 Å². The Bertz CT molecular complexity index is 1030. The number of piperidine rings is 2. The van der Waals surface area contributed by atoms with E-state index in [1.165, 1.54) is 17.7 Å². The lowest BCUT2D eigenvalue weighted by Gasteiger charge is -2.33. The molecule has 3 amide bonds. The molecular weight excluding hydrogens is 448 g/mol. The molecule has 9 nitrogen and oxygen atoms in total. The molecule has 0 radical (unpaired) electrons. The SMILES string of the molecule is CC(C)C1CCN(CC2=NOC(COc3cccc4c3CN(C3CCC(=O)NC3=O)C4=O)C2)CC1. The molecule has 2 fully saturated rings. The fourth-order valence-electron chi connectivity index (χ4n) is 5.58. The summed E-state index contributed by atoms with van der Waals surface area (Å²) in [6.07, 6.45) is 3.64. The van der Waals surface area contributed by atoms with Gasteiger partial charge in [0, 0.05) is 30.5 Å². The van der Waals surface area contributed by atoms with Crippen LogP contribution < -0.4 is 10.1 Å². The Morgan fingerprint density at radius 2 is 1.97 bits per heavy atom. The fraction of sp³-hybridized carbons (Fsp3) is 0.615. The van der Waals surface area contributed by atoms with Crippen LogP contribution in [0.2, 0.25) is 0 Å². The van der Waals surface area contributed by atoms with Gasteiger partial charge in [-0.15, -0.1) is 0 Å². The third-order valence-electron chi connectivity index (χ3n) is 7.74. The largest absolute Gasteiger partial charge is 0.489 e. The summed E-state index contributed by atoms with van der Waals surface area (Å²) in [7, 11) is 0. The third kappa shape index (κ3) is 5.05. The summed E-state index contributed by atoms with van der Waals surface area (Å²) in [6, 6.07) is 4.75. The summed E-state index contributed by atoms with van der Waals surface area (Å²) < 4.78 is 6.09. The van der Waals surface area contributed by atoms with E-state index in [1.54, 1.807) is 12.1 Å². The normalized spacial score (nSPS) is 25.5. The van der Waals surface area contributed by atoms with Crippen molar-refractivity contribution in [3.63, 3.8) is 0 Å². The van der Waals surface area contributed by atoms with Crippen molar-refractivity contribution in [1.82, 2.24) is 15.1 Å². The lowest BCUT2D eigenvalue weighted by Crippen LogP contribution is -2.52. The maximum absolute atomic E-state index is 13.0. The van der Waals surface area contributed by atoms with Gasteiger partial charge >= 0.3 is 0 Å². The van der Waals surface area contributed by atoms with E-state index < -0.39 is 11.9 Å². The predicted molar refractivity (Wildman–Crippen MR) is 129 cm³/mol. The topological polar surface area (TPSA) is 101 Å². The lowest BCUT2D eigenvalue weighted by atomic mass is 9.86. The Hall–Kier alpha value is -2.94. The number of hydrogen-bond acceptors (Lipinski definition) is 7. The van der Waals surface area contributed by atoms with Gasteiger partial charge in [0.05, 0.1) is 12.3 Å². The smallest absolute Gasteiger partial charge is 0.255 e. The Morgan fingerprint density at radius 3 is 2.71 bits per heavy atom. The van der Waals surface area contributed by atoms with Crippen LogP contribution in [0.25, 0.3) is 0 Å². The van der Waals surface area contributed by atoms with Gasteiger partial charge in [-0.2, -0.15) is 0 Å². The minimum atomic E-state index is -0.639. The first-order valence-electron chi connectivity index (χ1n) is 12.7. The second kappa shape index (κ2) is 9.97. The second-order valence-corrected chi connectivity index (χ2v) is 10.4. The number of carbonyl (C=O) groups excluding carboxylic acids is 3. The van der Waals surface area contributed by atoms with Crippen LogP contribution in [-0.4, -0.2) is 71.6 Å². The van der Waals surface area contributed by atoms with Crippen molar-refractivity contribution < 1.29 is 24.0 Å². The summed E-state index contributed by atoms with van der Waals surface area (Å²) >= 11 is 0. The van der Waals surface area contributed by atoms with Crippen molar-refractivity contribution in [2.75, 3.05) is 26.2 Å². The monoisotopic (exact) mass is 482 g/mol. The third-order valence-corrected chi connectivity index (χ3v) is 7.74. The standard InChI is InChI=1S/C26H34N4O5/c1-16(2)17-8-10-29(11-9-17)13-18-12-19(35-28-18)15-34-23-5-3-4-20-21(23)14-30(26(20)33)22-6-7-24(31)27-25(22)32/h3-5,16-17,19,22H,6-15H2,1-2H3,(H,27,31,32). The lowest BCUT2D eigenvalue weighted by molar-refractivity contribution is -0.136. The maximum atomic E-state index is 13.0. The number of benzene rings is 1. The van der Waals surface area contributed by atoms with E-state index >= 15 is 0 Å². The molecule has 35 heavy (non-hydrogen) atoms. The second-order valence-electron chi connectivity index (χ2n) is 10.4. The molecule has 1 aromatic rings. The molecule has 0 aromatic heterocycles. The number of nitrogens with zero attached hydrogens (tertiary/aromatic N) is 3. The average molecular weight is 483 g/mol. The van der Waals surface area contributed by atoms with Gasteiger partial charge in [-0.3, -0.25) is 24.6 Å². The Kier molecular flexibility index (Phi) is 6.77.